The molecule has 8 nitrogen and oxygen atoms in total. The fourth-order valence-corrected chi connectivity index (χ4v) is 8.10. The van der Waals surface area contributed by atoms with Gasteiger partial charge in [0.2, 0.25) is 0 Å². The third kappa shape index (κ3) is 48.1. The molecule has 0 amide bonds. The van der Waals surface area contributed by atoms with Gasteiger partial charge >= 0.3 is 5.97 Å². The summed E-state index contributed by atoms with van der Waals surface area (Å²) in [5.74, 6) is -0.331. The summed E-state index contributed by atoms with van der Waals surface area (Å²) in [5.41, 5.74) is 0. The number of quaternary nitrogens is 1. The number of phosphoric ester groups is 1. The van der Waals surface area contributed by atoms with Crippen molar-refractivity contribution in [2.75, 3.05) is 54.1 Å². The third-order valence-electron chi connectivity index (χ3n) is 11.3. The second-order valence-electron chi connectivity index (χ2n) is 18.5. The van der Waals surface area contributed by atoms with E-state index in [9.17, 15) is 14.3 Å². The molecule has 59 heavy (non-hydrogen) atoms. The quantitative estimate of drug-likeness (QED) is 0.0198. The molecule has 0 saturated carbocycles. The van der Waals surface area contributed by atoms with E-state index in [1.165, 1.54) is 193 Å². The average molecular weight is 858 g/mol. The van der Waals surface area contributed by atoms with E-state index in [4.69, 9.17) is 18.5 Å². The normalized spacial score (nSPS) is 13.7. The smallest absolute Gasteiger partial charge is 0.306 e. The second kappa shape index (κ2) is 43.9. The molecule has 0 aromatic rings. The monoisotopic (exact) mass is 858 g/mol. The SMILES string of the molecule is CCCCCCCCCC/C=C\CCCCCCCCCCCCCCCCOCC(COP(=O)([O-])OCC[N+](C)(C)C)OC(=O)CCCCCCCCCCCCC. The Morgan fingerprint density at radius 2 is 0.881 bits per heavy atom. The number of hydrogen-bond donors (Lipinski definition) is 0. The van der Waals surface area contributed by atoms with Gasteiger partial charge in [0, 0.05) is 13.0 Å². The van der Waals surface area contributed by atoms with Crippen molar-refractivity contribution >= 4 is 13.8 Å². The molecule has 0 aliphatic rings. The number of unbranched alkanes of at least 4 members (excludes halogenated alkanes) is 32. The van der Waals surface area contributed by atoms with E-state index in [0.717, 1.165) is 32.1 Å². The van der Waals surface area contributed by atoms with Gasteiger partial charge in [-0.05, 0) is 38.5 Å². The lowest BCUT2D eigenvalue weighted by Crippen LogP contribution is -2.37. The molecule has 0 rings (SSSR count). The highest BCUT2D eigenvalue weighted by Gasteiger charge is 2.20. The van der Waals surface area contributed by atoms with Crippen molar-refractivity contribution in [2.24, 2.45) is 0 Å². The predicted octanol–water partition coefficient (Wildman–Crippen LogP) is 14.8. The van der Waals surface area contributed by atoms with Gasteiger partial charge in [0.1, 0.15) is 19.3 Å². The first kappa shape index (κ1) is 58.2. The minimum absolute atomic E-state index is 0.0299. The Hall–Kier alpha value is -0.760. The van der Waals surface area contributed by atoms with Crippen LogP contribution in [0.25, 0.3) is 0 Å². The van der Waals surface area contributed by atoms with Gasteiger partial charge in [-0.3, -0.25) is 9.36 Å². The van der Waals surface area contributed by atoms with E-state index in [1.54, 1.807) is 0 Å². The molecule has 0 N–H and O–H groups in total. The standard InChI is InChI=1S/C50H100NO7P/c1-6-8-10-12-14-16-18-19-20-21-22-23-24-25-26-27-28-29-30-31-32-34-36-38-40-42-45-55-47-49(48-57-59(53,54)56-46-44-51(3,4)5)58-50(52)43-41-39-37-35-33-17-15-13-11-9-7-2/h21-22,49H,6-20,23-48H2,1-5H3/b22-21-. The van der Waals surface area contributed by atoms with Crippen molar-refractivity contribution in [3.8, 4) is 0 Å². The summed E-state index contributed by atoms with van der Waals surface area (Å²) in [7, 11) is 1.37. The van der Waals surface area contributed by atoms with E-state index >= 15 is 0 Å². The van der Waals surface area contributed by atoms with Crippen molar-refractivity contribution in [3.63, 3.8) is 0 Å². The number of nitrogens with zero attached hydrogens (tertiary/aromatic N) is 1. The van der Waals surface area contributed by atoms with Crippen LogP contribution in [0.5, 0.6) is 0 Å². The minimum Gasteiger partial charge on any atom is -0.756 e. The molecule has 0 bridgehead atoms. The van der Waals surface area contributed by atoms with E-state index in [2.05, 4.69) is 26.0 Å². The number of esters is 1. The van der Waals surface area contributed by atoms with E-state index in [-0.39, 0.29) is 25.8 Å². The summed E-state index contributed by atoms with van der Waals surface area (Å²) >= 11 is 0. The predicted molar refractivity (Wildman–Crippen MR) is 250 cm³/mol. The van der Waals surface area contributed by atoms with Gasteiger partial charge in [0.15, 0.2) is 0 Å². The maximum absolute atomic E-state index is 12.7. The Morgan fingerprint density at radius 3 is 1.29 bits per heavy atom. The zero-order valence-electron chi connectivity index (χ0n) is 40.0. The minimum atomic E-state index is -4.52. The van der Waals surface area contributed by atoms with Crippen molar-refractivity contribution in [1.29, 1.82) is 0 Å². The van der Waals surface area contributed by atoms with Crippen molar-refractivity contribution in [3.05, 3.63) is 12.2 Å². The lowest BCUT2D eigenvalue weighted by molar-refractivity contribution is -0.870. The molecule has 2 unspecified atom stereocenters. The number of likely N-dealkylation sites (N-methyl/N-ethyl adjacent to an activating group) is 1. The van der Waals surface area contributed by atoms with Crippen LogP contribution in [-0.4, -0.2) is 70.7 Å². The first-order valence-corrected chi connectivity index (χ1v) is 26.9. The van der Waals surface area contributed by atoms with E-state index in [0.29, 0.717) is 24.1 Å². The van der Waals surface area contributed by atoms with Gasteiger partial charge in [-0.2, -0.15) is 0 Å². The van der Waals surface area contributed by atoms with Gasteiger partial charge in [0.25, 0.3) is 7.82 Å². The van der Waals surface area contributed by atoms with Gasteiger partial charge < -0.3 is 27.9 Å². The molecule has 0 spiro atoms. The number of ether oxygens (including phenoxy) is 2. The van der Waals surface area contributed by atoms with E-state index < -0.39 is 13.9 Å². The topological polar surface area (TPSA) is 94.1 Å². The summed E-state index contributed by atoms with van der Waals surface area (Å²) in [6, 6.07) is 0. The summed E-state index contributed by atoms with van der Waals surface area (Å²) in [6.45, 7) is 5.45. The molecule has 0 radical (unpaired) electrons. The van der Waals surface area contributed by atoms with Crippen LogP contribution >= 0.6 is 7.82 Å². The number of allylic oxidation sites excluding steroid dienone is 2. The van der Waals surface area contributed by atoms with Gasteiger partial charge in [-0.25, -0.2) is 0 Å². The van der Waals surface area contributed by atoms with Crippen LogP contribution in [0.2, 0.25) is 0 Å². The molecule has 352 valence electrons. The highest BCUT2D eigenvalue weighted by Crippen LogP contribution is 2.38. The Kier molecular flexibility index (Phi) is 43.3. The number of carbonyl (C=O) groups is 1. The summed E-state index contributed by atoms with van der Waals surface area (Å²) in [4.78, 5) is 25.1. The van der Waals surface area contributed by atoms with Crippen molar-refractivity contribution in [1.82, 2.24) is 0 Å². The maximum Gasteiger partial charge on any atom is 0.306 e. The van der Waals surface area contributed by atoms with Crippen LogP contribution in [0.15, 0.2) is 12.2 Å². The Balaban J connectivity index is 3.97. The van der Waals surface area contributed by atoms with Crippen LogP contribution < -0.4 is 4.89 Å². The van der Waals surface area contributed by atoms with Crippen LogP contribution in [-0.2, 0) is 27.9 Å². The van der Waals surface area contributed by atoms with Crippen LogP contribution in [0.4, 0.5) is 0 Å². The van der Waals surface area contributed by atoms with Gasteiger partial charge in [-0.15, -0.1) is 0 Å². The number of phosphoric acid groups is 1. The third-order valence-corrected chi connectivity index (χ3v) is 12.3. The first-order chi connectivity index (χ1) is 28.6. The molecular formula is C50H100NO7P. The zero-order valence-corrected chi connectivity index (χ0v) is 40.9. The second-order valence-corrected chi connectivity index (χ2v) is 19.9. The molecule has 0 fully saturated rings. The average Bonchev–Trinajstić information content (AvgIpc) is 3.19. The fraction of sp³-hybridized carbons (Fsp3) is 0.940. The molecule has 2 atom stereocenters. The van der Waals surface area contributed by atoms with Gasteiger partial charge in [0.05, 0.1) is 34.4 Å². The Morgan fingerprint density at radius 1 is 0.508 bits per heavy atom. The zero-order chi connectivity index (χ0) is 43.4. The number of rotatable bonds is 48. The van der Waals surface area contributed by atoms with Crippen LogP contribution in [0.1, 0.15) is 245 Å². The molecule has 0 aromatic heterocycles. The van der Waals surface area contributed by atoms with E-state index in [1.807, 2.05) is 21.1 Å². The Bertz CT molecular complexity index is 956. The largest absolute Gasteiger partial charge is 0.756 e. The van der Waals surface area contributed by atoms with Crippen LogP contribution in [0.3, 0.4) is 0 Å². The highest BCUT2D eigenvalue weighted by molar-refractivity contribution is 7.45. The highest BCUT2D eigenvalue weighted by atomic mass is 31.2. The molecule has 0 aliphatic heterocycles. The van der Waals surface area contributed by atoms with Crippen LogP contribution in [0, 0.1) is 0 Å². The number of hydrogen-bond acceptors (Lipinski definition) is 7. The van der Waals surface area contributed by atoms with Crippen molar-refractivity contribution in [2.45, 2.75) is 251 Å². The molecule has 0 aliphatic carbocycles. The summed E-state index contributed by atoms with van der Waals surface area (Å²) in [6.07, 6.45) is 49.6. The number of carbonyl (C=O) groups excluding carboxylic acids is 1. The lowest BCUT2D eigenvalue weighted by Gasteiger charge is -2.28. The maximum atomic E-state index is 12.7. The molecule has 0 aromatic carbocycles. The molecular weight excluding hydrogens is 758 g/mol. The summed E-state index contributed by atoms with van der Waals surface area (Å²) in [5, 5.41) is 0. The summed E-state index contributed by atoms with van der Waals surface area (Å²) < 4.78 is 34.7. The fourth-order valence-electron chi connectivity index (χ4n) is 7.37. The van der Waals surface area contributed by atoms with Crippen molar-refractivity contribution < 1.29 is 37.3 Å². The Labute approximate surface area is 367 Å². The molecule has 9 heteroatoms. The lowest BCUT2D eigenvalue weighted by atomic mass is 10.0. The molecule has 0 saturated heterocycles. The van der Waals surface area contributed by atoms with Gasteiger partial charge in [-0.1, -0.05) is 212 Å². The molecule has 0 heterocycles. The first-order valence-electron chi connectivity index (χ1n) is 25.4.